The Kier molecular flexibility index (Phi) is 11.0. The molecule has 192 valence electrons. The zero-order chi connectivity index (χ0) is 25.8. The molecular formula is C26H37N3O5S. The standard InChI is InChI=1S/C26H37N3O5S/c1-5-6-18-27-26(31)21(2)28(20-22-11-8-7-9-12-22)25(30)13-10-19-29(35(4,32)33)23-14-16-24(34-3)17-15-23/h7-9,11-12,14-17,21H,5-6,10,13,18-20H2,1-4H3,(H,27,31)/t21-/m0/s1. The molecule has 0 aliphatic heterocycles. The van der Waals surface area contributed by atoms with Crippen LogP contribution in [0.4, 0.5) is 5.69 Å². The summed E-state index contributed by atoms with van der Waals surface area (Å²) in [6.07, 6.45) is 3.41. The van der Waals surface area contributed by atoms with Crippen molar-refractivity contribution in [2.24, 2.45) is 0 Å². The summed E-state index contributed by atoms with van der Waals surface area (Å²) in [6, 6.07) is 15.6. The molecule has 1 N–H and O–H groups in total. The molecule has 35 heavy (non-hydrogen) atoms. The molecule has 0 saturated carbocycles. The van der Waals surface area contributed by atoms with Crippen LogP contribution in [0.2, 0.25) is 0 Å². The lowest BCUT2D eigenvalue weighted by molar-refractivity contribution is -0.140. The monoisotopic (exact) mass is 503 g/mol. The molecule has 0 fully saturated rings. The van der Waals surface area contributed by atoms with Gasteiger partial charge in [0.1, 0.15) is 11.8 Å². The number of anilines is 1. The Labute approximate surface area is 209 Å². The Morgan fingerprint density at radius 3 is 2.26 bits per heavy atom. The van der Waals surface area contributed by atoms with Gasteiger partial charge in [0.25, 0.3) is 0 Å². The maximum atomic E-state index is 13.2. The third-order valence-corrected chi connectivity index (χ3v) is 6.90. The minimum Gasteiger partial charge on any atom is -0.497 e. The fourth-order valence-corrected chi connectivity index (χ4v) is 4.62. The highest BCUT2D eigenvalue weighted by Crippen LogP contribution is 2.22. The Hall–Kier alpha value is -3.07. The van der Waals surface area contributed by atoms with Crippen molar-refractivity contribution < 1.29 is 22.7 Å². The molecular weight excluding hydrogens is 466 g/mol. The number of methoxy groups -OCH3 is 1. The minimum atomic E-state index is -3.54. The number of sulfonamides is 1. The second-order valence-electron chi connectivity index (χ2n) is 8.46. The summed E-state index contributed by atoms with van der Waals surface area (Å²) < 4.78 is 31.2. The summed E-state index contributed by atoms with van der Waals surface area (Å²) in [5, 5.41) is 2.90. The zero-order valence-corrected chi connectivity index (χ0v) is 21.9. The van der Waals surface area contributed by atoms with Crippen molar-refractivity contribution in [2.75, 3.05) is 30.8 Å². The molecule has 0 spiro atoms. The highest BCUT2D eigenvalue weighted by Gasteiger charge is 2.26. The second-order valence-corrected chi connectivity index (χ2v) is 10.4. The van der Waals surface area contributed by atoms with E-state index in [-0.39, 0.29) is 24.8 Å². The number of amides is 2. The van der Waals surface area contributed by atoms with Gasteiger partial charge < -0.3 is 15.0 Å². The smallest absolute Gasteiger partial charge is 0.242 e. The third kappa shape index (κ3) is 8.90. The maximum absolute atomic E-state index is 13.2. The van der Waals surface area contributed by atoms with Crippen LogP contribution in [0.5, 0.6) is 5.75 Å². The largest absolute Gasteiger partial charge is 0.497 e. The van der Waals surface area contributed by atoms with E-state index in [4.69, 9.17) is 4.74 Å². The molecule has 1 atom stereocenters. The van der Waals surface area contributed by atoms with Crippen LogP contribution in [0.3, 0.4) is 0 Å². The van der Waals surface area contributed by atoms with Crippen LogP contribution in [-0.4, -0.2) is 57.6 Å². The molecule has 0 aliphatic rings. The zero-order valence-electron chi connectivity index (χ0n) is 21.1. The van der Waals surface area contributed by atoms with Crippen molar-refractivity contribution in [1.82, 2.24) is 10.2 Å². The van der Waals surface area contributed by atoms with Crippen LogP contribution < -0.4 is 14.4 Å². The van der Waals surface area contributed by atoms with Gasteiger partial charge in [-0.25, -0.2) is 8.42 Å². The normalized spacial score (nSPS) is 12.0. The lowest BCUT2D eigenvalue weighted by Crippen LogP contribution is -2.47. The van der Waals surface area contributed by atoms with Crippen molar-refractivity contribution in [3.05, 3.63) is 60.2 Å². The highest BCUT2D eigenvalue weighted by molar-refractivity contribution is 7.92. The summed E-state index contributed by atoms with van der Waals surface area (Å²) in [5.74, 6) is 0.231. The average Bonchev–Trinajstić information content (AvgIpc) is 2.84. The molecule has 0 unspecified atom stereocenters. The Bertz CT molecular complexity index is 1040. The third-order valence-electron chi connectivity index (χ3n) is 5.71. The molecule has 9 heteroatoms. The number of benzene rings is 2. The SMILES string of the molecule is CCCCNC(=O)[C@H](C)N(Cc1ccccc1)C(=O)CCCN(c1ccc(OC)cc1)S(C)(=O)=O. The molecule has 0 radical (unpaired) electrons. The number of hydrogen-bond donors (Lipinski definition) is 1. The summed E-state index contributed by atoms with van der Waals surface area (Å²) >= 11 is 0. The van der Waals surface area contributed by atoms with E-state index in [2.05, 4.69) is 5.32 Å². The summed E-state index contributed by atoms with van der Waals surface area (Å²) in [5.41, 5.74) is 1.43. The Morgan fingerprint density at radius 1 is 1.03 bits per heavy atom. The van der Waals surface area contributed by atoms with E-state index in [0.29, 0.717) is 30.9 Å². The molecule has 0 aliphatic carbocycles. The lowest BCUT2D eigenvalue weighted by atomic mass is 10.1. The minimum absolute atomic E-state index is 0.113. The van der Waals surface area contributed by atoms with Crippen LogP contribution in [-0.2, 0) is 26.2 Å². The van der Waals surface area contributed by atoms with Crippen LogP contribution >= 0.6 is 0 Å². The molecule has 2 aromatic carbocycles. The fraction of sp³-hybridized carbons (Fsp3) is 0.462. The number of ether oxygens (including phenoxy) is 1. The van der Waals surface area contributed by atoms with Crippen molar-refractivity contribution in [3.63, 3.8) is 0 Å². The number of rotatable bonds is 14. The fourth-order valence-electron chi connectivity index (χ4n) is 3.65. The number of unbranched alkanes of at least 4 members (excludes halogenated alkanes) is 1. The first-order chi connectivity index (χ1) is 16.7. The van der Waals surface area contributed by atoms with Crippen molar-refractivity contribution >= 4 is 27.5 Å². The van der Waals surface area contributed by atoms with Crippen LogP contribution in [0.1, 0.15) is 45.1 Å². The second kappa shape index (κ2) is 13.7. The molecule has 0 aromatic heterocycles. The van der Waals surface area contributed by atoms with Gasteiger partial charge in [0.05, 0.1) is 19.1 Å². The maximum Gasteiger partial charge on any atom is 0.242 e. The van der Waals surface area contributed by atoms with E-state index >= 15 is 0 Å². The number of carbonyl (C=O) groups is 2. The van der Waals surface area contributed by atoms with Gasteiger partial charge in [0, 0.05) is 26.1 Å². The van der Waals surface area contributed by atoms with Gasteiger partial charge in [-0.15, -0.1) is 0 Å². The van der Waals surface area contributed by atoms with Crippen LogP contribution in [0.15, 0.2) is 54.6 Å². The van der Waals surface area contributed by atoms with Crippen molar-refractivity contribution in [1.29, 1.82) is 0 Å². The van der Waals surface area contributed by atoms with Gasteiger partial charge in [0.15, 0.2) is 0 Å². The summed E-state index contributed by atoms with van der Waals surface area (Å²) in [7, 11) is -2.00. The number of nitrogens with one attached hydrogen (secondary N) is 1. The van der Waals surface area contributed by atoms with Crippen LogP contribution in [0, 0.1) is 0 Å². The molecule has 8 nitrogen and oxygen atoms in total. The quantitative estimate of drug-likeness (QED) is 0.398. The molecule has 0 saturated heterocycles. The van der Waals surface area contributed by atoms with Gasteiger partial charge in [-0.1, -0.05) is 43.7 Å². The first kappa shape index (κ1) is 28.2. The molecule has 2 amide bonds. The first-order valence-corrected chi connectivity index (χ1v) is 13.7. The van der Waals surface area contributed by atoms with E-state index in [0.717, 1.165) is 24.7 Å². The predicted molar refractivity (Wildman–Crippen MR) is 139 cm³/mol. The Morgan fingerprint density at radius 2 is 1.69 bits per heavy atom. The molecule has 0 heterocycles. The van der Waals surface area contributed by atoms with E-state index in [1.807, 2.05) is 37.3 Å². The molecule has 2 rings (SSSR count). The summed E-state index contributed by atoms with van der Waals surface area (Å²) in [6.45, 7) is 4.79. The van der Waals surface area contributed by atoms with E-state index in [1.165, 1.54) is 4.31 Å². The van der Waals surface area contributed by atoms with Gasteiger partial charge >= 0.3 is 0 Å². The average molecular weight is 504 g/mol. The molecule has 0 bridgehead atoms. The van der Waals surface area contributed by atoms with Gasteiger partial charge in [-0.3, -0.25) is 13.9 Å². The van der Waals surface area contributed by atoms with E-state index in [1.54, 1.807) is 43.2 Å². The van der Waals surface area contributed by atoms with E-state index < -0.39 is 16.1 Å². The van der Waals surface area contributed by atoms with Gasteiger partial charge in [-0.2, -0.15) is 0 Å². The number of nitrogens with zero attached hydrogens (tertiary/aromatic N) is 2. The lowest BCUT2D eigenvalue weighted by Gasteiger charge is -2.29. The highest BCUT2D eigenvalue weighted by atomic mass is 32.2. The number of carbonyl (C=O) groups excluding carboxylic acids is 2. The van der Waals surface area contributed by atoms with Gasteiger partial charge in [-0.05, 0) is 49.6 Å². The number of hydrogen-bond acceptors (Lipinski definition) is 5. The van der Waals surface area contributed by atoms with Gasteiger partial charge in [0.2, 0.25) is 21.8 Å². The topological polar surface area (TPSA) is 96.0 Å². The van der Waals surface area contributed by atoms with E-state index in [9.17, 15) is 18.0 Å². The van der Waals surface area contributed by atoms with Crippen LogP contribution in [0.25, 0.3) is 0 Å². The summed E-state index contributed by atoms with van der Waals surface area (Å²) in [4.78, 5) is 27.5. The predicted octanol–water partition coefficient (Wildman–Crippen LogP) is 3.58. The van der Waals surface area contributed by atoms with Crippen molar-refractivity contribution in [2.45, 2.75) is 52.1 Å². The van der Waals surface area contributed by atoms with Crippen molar-refractivity contribution in [3.8, 4) is 5.75 Å². The Balaban J connectivity index is 2.11. The first-order valence-electron chi connectivity index (χ1n) is 11.9. The molecule has 2 aromatic rings.